The van der Waals surface area contributed by atoms with Crippen LogP contribution >= 0.6 is 0 Å². The SMILES string of the molecule is CC(C)c1nnc2n1CCN(CC(=O)NCCOc1ccccc1)C2. The number of hydrogen-bond acceptors (Lipinski definition) is 5. The average Bonchev–Trinajstić information content (AvgIpc) is 3.03. The highest BCUT2D eigenvalue weighted by atomic mass is 16.5. The van der Waals surface area contributed by atoms with Crippen LogP contribution in [0.4, 0.5) is 0 Å². The number of nitrogens with zero attached hydrogens (tertiary/aromatic N) is 4. The lowest BCUT2D eigenvalue weighted by Gasteiger charge is -2.27. The van der Waals surface area contributed by atoms with Gasteiger partial charge >= 0.3 is 0 Å². The summed E-state index contributed by atoms with van der Waals surface area (Å²) in [6, 6.07) is 9.59. The van der Waals surface area contributed by atoms with E-state index in [2.05, 4.69) is 38.8 Å². The van der Waals surface area contributed by atoms with Crippen molar-refractivity contribution >= 4 is 5.91 Å². The Bertz CT molecular complexity index is 699. The molecule has 3 rings (SSSR count). The summed E-state index contributed by atoms with van der Waals surface area (Å²) in [4.78, 5) is 14.2. The van der Waals surface area contributed by atoms with Gasteiger partial charge in [-0.15, -0.1) is 10.2 Å². The van der Waals surface area contributed by atoms with Crippen molar-refractivity contribution < 1.29 is 9.53 Å². The fraction of sp³-hybridized carbons (Fsp3) is 0.500. The lowest BCUT2D eigenvalue weighted by atomic mass is 10.2. The first-order valence-corrected chi connectivity index (χ1v) is 8.72. The van der Waals surface area contributed by atoms with Crippen molar-refractivity contribution in [3.63, 3.8) is 0 Å². The van der Waals surface area contributed by atoms with E-state index in [1.165, 1.54) is 0 Å². The summed E-state index contributed by atoms with van der Waals surface area (Å²) in [6.45, 7) is 7.89. The van der Waals surface area contributed by atoms with Crippen LogP contribution in [0.2, 0.25) is 0 Å². The molecule has 0 fully saturated rings. The van der Waals surface area contributed by atoms with Crippen LogP contribution in [-0.4, -0.2) is 51.8 Å². The number of hydrogen-bond donors (Lipinski definition) is 1. The molecule has 7 nitrogen and oxygen atoms in total. The Morgan fingerprint density at radius 2 is 2.04 bits per heavy atom. The van der Waals surface area contributed by atoms with E-state index in [1.54, 1.807) is 0 Å². The molecular formula is C18H25N5O2. The van der Waals surface area contributed by atoms with Crippen LogP contribution < -0.4 is 10.1 Å². The number of ether oxygens (including phenoxy) is 1. The van der Waals surface area contributed by atoms with Crippen molar-refractivity contribution in [1.82, 2.24) is 25.0 Å². The van der Waals surface area contributed by atoms with Crippen molar-refractivity contribution in [2.45, 2.75) is 32.9 Å². The van der Waals surface area contributed by atoms with Crippen LogP contribution in [0.15, 0.2) is 30.3 Å². The summed E-state index contributed by atoms with van der Waals surface area (Å²) in [5.41, 5.74) is 0. The van der Waals surface area contributed by atoms with E-state index in [-0.39, 0.29) is 5.91 Å². The molecule has 1 aliphatic heterocycles. The first-order valence-electron chi connectivity index (χ1n) is 8.72. The molecule has 0 bridgehead atoms. The van der Waals surface area contributed by atoms with E-state index in [1.807, 2.05) is 30.3 Å². The first-order chi connectivity index (χ1) is 12.1. The zero-order valence-electron chi connectivity index (χ0n) is 14.8. The van der Waals surface area contributed by atoms with Gasteiger partial charge in [-0.25, -0.2) is 0 Å². The van der Waals surface area contributed by atoms with Gasteiger partial charge in [0.05, 0.1) is 19.6 Å². The normalized spacial score (nSPS) is 14.4. The number of carbonyl (C=O) groups excluding carboxylic acids is 1. The Labute approximate surface area is 148 Å². The molecule has 0 aliphatic carbocycles. The van der Waals surface area contributed by atoms with Crippen molar-refractivity contribution in [2.75, 3.05) is 26.2 Å². The van der Waals surface area contributed by atoms with Crippen LogP contribution in [0, 0.1) is 0 Å². The number of para-hydroxylation sites is 1. The molecule has 2 aromatic rings. The molecule has 0 spiro atoms. The summed E-state index contributed by atoms with van der Waals surface area (Å²) in [5, 5.41) is 11.4. The number of rotatable bonds is 7. The molecule has 0 saturated carbocycles. The number of benzene rings is 1. The number of aromatic nitrogens is 3. The van der Waals surface area contributed by atoms with E-state index < -0.39 is 0 Å². The van der Waals surface area contributed by atoms with Crippen molar-refractivity contribution in [1.29, 1.82) is 0 Å². The van der Waals surface area contributed by atoms with Gasteiger partial charge in [-0.2, -0.15) is 0 Å². The number of carbonyl (C=O) groups is 1. The van der Waals surface area contributed by atoms with E-state index in [0.29, 0.717) is 32.2 Å². The highest BCUT2D eigenvalue weighted by Gasteiger charge is 2.23. The summed E-state index contributed by atoms with van der Waals surface area (Å²) in [5.74, 6) is 3.15. The highest BCUT2D eigenvalue weighted by Crippen LogP contribution is 2.17. The van der Waals surface area contributed by atoms with Gasteiger partial charge in [-0.05, 0) is 12.1 Å². The Morgan fingerprint density at radius 3 is 2.80 bits per heavy atom. The molecule has 2 heterocycles. The second kappa shape index (κ2) is 8.11. The Morgan fingerprint density at radius 1 is 1.24 bits per heavy atom. The molecule has 7 heteroatoms. The molecule has 0 atom stereocenters. The number of nitrogens with one attached hydrogen (secondary N) is 1. The third-order valence-corrected chi connectivity index (χ3v) is 4.18. The van der Waals surface area contributed by atoms with Crippen LogP contribution in [0.25, 0.3) is 0 Å². The molecule has 0 unspecified atom stereocenters. The van der Waals surface area contributed by atoms with Crippen molar-refractivity contribution in [3.8, 4) is 5.75 Å². The first kappa shape index (κ1) is 17.4. The summed E-state index contributed by atoms with van der Waals surface area (Å²) >= 11 is 0. The average molecular weight is 343 g/mol. The van der Waals surface area contributed by atoms with Crippen LogP contribution in [0.1, 0.15) is 31.4 Å². The Balaban J connectivity index is 1.40. The van der Waals surface area contributed by atoms with E-state index in [0.717, 1.165) is 30.5 Å². The molecule has 1 aromatic carbocycles. The van der Waals surface area contributed by atoms with Gasteiger partial charge in [0.15, 0.2) is 0 Å². The van der Waals surface area contributed by atoms with Crippen LogP contribution in [0.5, 0.6) is 5.75 Å². The minimum absolute atomic E-state index is 0.00806. The number of fused-ring (bicyclic) bond motifs is 1. The minimum Gasteiger partial charge on any atom is -0.492 e. The lowest BCUT2D eigenvalue weighted by Crippen LogP contribution is -2.42. The molecule has 0 radical (unpaired) electrons. The standard InChI is InChI=1S/C18H25N5O2/c1-14(2)18-21-20-16-12-22(9-10-23(16)18)13-17(24)19-8-11-25-15-6-4-3-5-7-15/h3-7,14H,8-13H2,1-2H3,(H,19,24). The summed E-state index contributed by atoms with van der Waals surface area (Å²) < 4.78 is 7.74. The largest absolute Gasteiger partial charge is 0.492 e. The Hall–Kier alpha value is -2.41. The number of amides is 1. The summed E-state index contributed by atoms with van der Waals surface area (Å²) in [6.07, 6.45) is 0. The maximum absolute atomic E-state index is 12.1. The molecule has 1 aromatic heterocycles. The van der Waals surface area contributed by atoms with Gasteiger partial charge in [-0.1, -0.05) is 32.0 Å². The van der Waals surface area contributed by atoms with Gasteiger partial charge < -0.3 is 14.6 Å². The van der Waals surface area contributed by atoms with Gasteiger partial charge in [0, 0.05) is 19.0 Å². The quantitative estimate of drug-likeness (QED) is 0.770. The monoisotopic (exact) mass is 343 g/mol. The summed E-state index contributed by atoms with van der Waals surface area (Å²) in [7, 11) is 0. The maximum atomic E-state index is 12.1. The molecule has 134 valence electrons. The smallest absolute Gasteiger partial charge is 0.234 e. The van der Waals surface area contributed by atoms with Gasteiger partial charge in [0.25, 0.3) is 0 Å². The fourth-order valence-electron chi connectivity index (χ4n) is 2.93. The zero-order chi connectivity index (χ0) is 17.6. The lowest BCUT2D eigenvalue weighted by molar-refractivity contribution is -0.122. The zero-order valence-corrected chi connectivity index (χ0v) is 14.8. The van der Waals surface area contributed by atoms with Crippen molar-refractivity contribution in [2.24, 2.45) is 0 Å². The molecule has 1 N–H and O–H groups in total. The van der Waals surface area contributed by atoms with Gasteiger partial charge in [0.2, 0.25) is 5.91 Å². The van der Waals surface area contributed by atoms with E-state index in [4.69, 9.17) is 4.74 Å². The third kappa shape index (κ3) is 4.57. The minimum atomic E-state index is 0.00806. The predicted molar refractivity (Wildman–Crippen MR) is 94.3 cm³/mol. The van der Waals surface area contributed by atoms with Gasteiger partial charge in [0.1, 0.15) is 24.0 Å². The second-order valence-corrected chi connectivity index (χ2v) is 6.50. The van der Waals surface area contributed by atoms with E-state index >= 15 is 0 Å². The highest BCUT2D eigenvalue weighted by molar-refractivity contribution is 5.78. The molecule has 25 heavy (non-hydrogen) atoms. The van der Waals surface area contributed by atoms with Gasteiger partial charge in [-0.3, -0.25) is 9.69 Å². The fourth-order valence-corrected chi connectivity index (χ4v) is 2.93. The predicted octanol–water partition coefficient (Wildman–Crippen LogP) is 1.41. The topological polar surface area (TPSA) is 72.3 Å². The molecule has 1 amide bonds. The van der Waals surface area contributed by atoms with Crippen molar-refractivity contribution in [3.05, 3.63) is 42.0 Å². The molecular weight excluding hydrogens is 318 g/mol. The van der Waals surface area contributed by atoms with Crippen LogP contribution in [0.3, 0.4) is 0 Å². The second-order valence-electron chi connectivity index (χ2n) is 6.50. The van der Waals surface area contributed by atoms with E-state index in [9.17, 15) is 4.79 Å². The molecule has 1 aliphatic rings. The maximum Gasteiger partial charge on any atom is 0.234 e. The third-order valence-electron chi connectivity index (χ3n) is 4.18. The Kier molecular flexibility index (Phi) is 5.65. The van der Waals surface area contributed by atoms with Crippen LogP contribution in [-0.2, 0) is 17.9 Å². The molecule has 0 saturated heterocycles.